The fourth-order valence-electron chi connectivity index (χ4n) is 5.68. The molecule has 2 N–H and O–H groups in total. The number of hydrogen-bond donors (Lipinski definition) is 2. The molecule has 2 amide bonds. The summed E-state index contributed by atoms with van der Waals surface area (Å²) < 4.78 is 158. The van der Waals surface area contributed by atoms with Crippen molar-refractivity contribution in [2.45, 2.75) is 52.5 Å². The molecule has 0 spiro atoms. The van der Waals surface area contributed by atoms with Crippen molar-refractivity contribution < 1.29 is 66.7 Å². The number of carbonyl (C=O) groups is 2. The highest BCUT2D eigenvalue weighted by molar-refractivity contribution is 7.92. The van der Waals surface area contributed by atoms with E-state index in [0.29, 0.717) is 12.1 Å². The van der Waals surface area contributed by atoms with Gasteiger partial charge in [0.15, 0.2) is 19.7 Å². The zero-order valence-electron chi connectivity index (χ0n) is 22.8. The lowest BCUT2D eigenvalue weighted by Gasteiger charge is -2.39. The third-order valence-electron chi connectivity index (χ3n) is 8.18. The van der Waals surface area contributed by atoms with E-state index >= 15 is 0 Å². The summed E-state index contributed by atoms with van der Waals surface area (Å²) in [6.07, 6.45) is -16.1. The average molecular weight is 693 g/mol. The number of hydrogen-bond acceptors (Lipinski definition) is 6. The van der Waals surface area contributed by atoms with Crippen molar-refractivity contribution in [1.29, 1.82) is 0 Å². The van der Waals surface area contributed by atoms with Crippen LogP contribution in [0.1, 0.15) is 30.4 Å². The molecule has 2 fully saturated rings. The van der Waals surface area contributed by atoms with Crippen molar-refractivity contribution in [3.8, 4) is 0 Å². The lowest BCUT2D eigenvalue weighted by atomic mass is 9.89. The van der Waals surface area contributed by atoms with E-state index in [1.807, 2.05) is 5.32 Å². The third-order valence-corrected chi connectivity index (χ3v) is 12.3. The number of amides is 2. The van der Waals surface area contributed by atoms with Crippen LogP contribution in [0.2, 0.25) is 0 Å². The molecule has 19 heteroatoms. The van der Waals surface area contributed by atoms with Gasteiger partial charge in [0.25, 0.3) is 0 Å². The third kappa shape index (κ3) is 5.83. The van der Waals surface area contributed by atoms with E-state index in [0.717, 1.165) is 29.2 Å². The molecule has 1 unspecified atom stereocenters. The van der Waals surface area contributed by atoms with E-state index in [9.17, 15) is 66.7 Å². The summed E-state index contributed by atoms with van der Waals surface area (Å²) in [5.41, 5.74) is -10.1. The first-order valence-corrected chi connectivity index (χ1v) is 16.3. The Kier molecular flexibility index (Phi) is 8.48. The van der Waals surface area contributed by atoms with Gasteiger partial charge in [-0.25, -0.2) is 30.4 Å². The first-order chi connectivity index (χ1) is 20.5. The predicted octanol–water partition coefficient (Wildman–Crippen LogP) is 4.23. The summed E-state index contributed by atoms with van der Waals surface area (Å²) >= 11 is 0. The quantitative estimate of drug-likeness (QED) is 0.342. The largest absolute Gasteiger partial charge is 0.465 e. The Morgan fingerprint density at radius 2 is 1.36 bits per heavy atom. The molecule has 0 saturated carbocycles. The van der Waals surface area contributed by atoms with Crippen LogP contribution in [0.5, 0.6) is 0 Å². The molecule has 248 valence electrons. The van der Waals surface area contributed by atoms with E-state index in [4.69, 9.17) is 0 Å². The van der Waals surface area contributed by atoms with E-state index in [1.54, 1.807) is 0 Å². The zero-order chi connectivity index (χ0) is 33.9. The Bertz CT molecular complexity index is 1670. The molecule has 4 rings (SSSR count). The SMILES string of the molecule is O=C(O)NC1(C(=O)N2CCC(c3ccc(C(F)(C(F)(F)F)C(F)(F)F)cc3)(S(=O)(=O)c3ccc(F)cc3)C2)CCS(=O)(=O)CC1. The first-order valence-electron chi connectivity index (χ1n) is 13.0. The van der Waals surface area contributed by atoms with Crippen LogP contribution in [-0.2, 0) is 34.9 Å². The smallest absolute Gasteiger partial charge is 0.435 e. The molecule has 9 nitrogen and oxygen atoms in total. The van der Waals surface area contributed by atoms with Crippen LogP contribution in [0.4, 0.5) is 39.9 Å². The van der Waals surface area contributed by atoms with Crippen LogP contribution in [0, 0.1) is 5.82 Å². The minimum atomic E-state index is -6.44. The number of alkyl halides is 7. The number of likely N-dealkylation sites (tertiary alicyclic amines) is 1. The summed E-state index contributed by atoms with van der Waals surface area (Å²) in [5, 5.41) is 11.4. The molecule has 0 bridgehead atoms. The van der Waals surface area contributed by atoms with Gasteiger partial charge in [-0.15, -0.1) is 0 Å². The fourth-order valence-corrected chi connectivity index (χ4v) is 9.28. The van der Waals surface area contributed by atoms with Crippen molar-refractivity contribution >= 4 is 31.7 Å². The Morgan fingerprint density at radius 1 is 0.844 bits per heavy atom. The molecular weight excluding hydrogens is 668 g/mol. The number of nitrogens with zero attached hydrogens (tertiary/aromatic N) is 1. The minimum Gasteiger partial charge on any atom is -0.465 e. The second kappa shape index (κ2) is 11.1. The van der Waals surface area contributed by atoms with Crippen molar-refractivity contribution in [2.75, 3.05) is 24.6 Å². The van der Waals surface area contributed by atoms with Crippen molar-refractivity contribution in [3.63, 3.8) is 0 Å². The molecule has 0 aromatic heterocycles. The van der Waals surface area contributed by atoms with Crippen molar-refractivity contribution in [2.24, 2.45) is 0 Å². The van der Waals surface area contributed by atoms with Crippen molar-refractivity contribution in [1.82, 2.24) is 10.2 Å². The molecule has 0 radical (unpaired) electrons. The monoisotopic (exact) mass is 692 g/mol. The fraction of sp³-hybridized carbons (Fsp3) is 0.462. The second-order valence-electron chi connectivity index (χ2n) is 10.8. The van der Waals surface area contributed by atoms with Gasteiger partial charge in [-0.2, -0.15) is 26.3 Å². The van der Waals surface area contributed by atoms with Gasteiger partial charge in [0.1, 0.15) is 16.1 Å². The normalized spacial score (nSPS) is 22.2. The van der Waals surface area contributed by atoms with Gasteiger partial charge in [-0.1, -0.05) is 24.3 Å². The van der Waals surface area contributed by atoms with E-state index in [-0.39, 0.29) is 12.1 Å². The Balaban J connectivity index is 1.83. The van der Waals surface area contributed by atoms with Crippen LogP contribution in [-0.4, -0.2) is 81.3 Å². The van der Waals surface area contributed by atoms with Gasteiger partial charge in [0, 0.05) is 18.7 Å². The van der Waals surface area contributed by atoms with Crippen molar-refractivity contribution in [3.05, 3.63) is 65.5 Å². The summed E-state index contributed by atoms with van der Waals surface area (Å²) in [6.45, 7) is -1.26. The summed E-state index contributed by atoms with van der Waals surface area (Å²) in [7, 11) is -8.40. The maximum absolute atomic E-state index is 14.7. The van der Waals surface area contributed by atoms with Crippen LogP contribution >= 0.6 is 0 Å². The topological polar surface area (TPSA) is 138 Å². The molecule has 2 saturated heterocycles. The maximum atomic E-state index is 14.7. The highest BCUT2D eigenvalue weighted by Crippen LogP contribution is 2.54. The highest BCUT2D eigenvalue weighted by Gasteiger charge is 2.73. The molecule has 1 atom stereocenters. The number of carbonyl (C=O) groups excluding carboxylic acids is 1. The number of halogens is 8. The van der Waals surface area contributed by atoms with E-state index in [1.165, 1.54) is 0 Å². The lowest BCUT2D eigenvalue weighted by Crippen LogP contribution is -2.62. The first kappa shape index (κ1) is 34.4. The van der Waals surface area contributed by atoms with Gasteiger partial charge >= 0.3 is 24.1 Å². The number of nitrogens with one attached hydrogen (secondary N) is 1. The zero-order valence-corrected chi connectivity index (χ0v) is 24.4. The number of carboxylic acid groups (broad SMARTS) is 1. The van der Waals surface area contributed by atoms with E-state index < -0.39 is 126 Å². The van der Waals surface area contributed by atoms with Gasteiger partial charge in [-0.05, 0) is 49.1 Å². The number of benzene rings is 2. The van der Waals surface area contributed by atoms with Gasteiger partial charge < -0.3 is 15.3 Å². The Labute approximate surface area is 251 Å². The average Bonchev–Trinajstić information content (AvgIpc) is 3.40. The molecule has 0 aliphatic carbocycles. The van der Waals surface area contributed by atoms with Crippen LogP contribution in [0.15, 0.2) is 53.4 Å². The standard InChI is InChI=1S/C26H24F8N2O7S2/c27-18-5-7-19(8-6-18)45(42,43)23(16-1-3-17(4-2-16)24(28,25(29,30)31)26(32,33)34)9-12-36(15-23)20(37)22(35-21(38)39)10-13-44(40,41)14-11-22/h1-8,35H,9-15H2,(H,38,39). The highest BCUT2D eigenvalue weighted by atomic mass is 32.2. The molecule has 2 heterocycles. The predicted molar refractivity (Wildman–Crippen MR) is 140 cm³/mol. The van der Waals surface area contributed by atoms with Gasteiger partial charge in [0.2, 0.25) is 5.91 Å². The number of rotatable bonds is 6. The Hall–Kier alpha value is -3.48. The van der Waals surface area contributed by atoms with Crippen LogP contribution in [0.3, 0.4) is 0 Å². The van der Waals surface area contributed by atoms with Crippen LogP contribution < -0.4 is 5.32 Å². The summed E-state index contributed by atoms with van der Waals surface area (Å²) in [5.74, 6) is -3.03. The van der Waals surface area contributed by atoms with Crippen LogP contribution in [0.25, 0.3) is 0 Å². The summed E-state index contributed by atoms with van der Waals surface area (Å²) in [4.78, 5) is 25.7. The van der Waals surface area contributed by atoms with Gasteiger partial charge in [0.05, 0.1) is 16.4 Å². The van der Waals surface area contributed by atoms with Gasteiger partial charge in [-0.3, -0.25) is 4.79 Å². The molecular formula is C26H24F8N2O7S2. The second-order valence-corrected chi connectivity index (χ2v) is 15.4. The minimum absolute atomic E-state index is 0.127. The Morgan fingerprint density at radius 3 is 1.82 bits per heavy atom. The molecule has 2 aromatic rings. The van der Waals surface area contributed by atoms with E-state index in [2.05, 4.69) is 0 Å². The maximum Gasteiger partial charge on any atom is 0.435 e. The lowest BCUT2D eigenvalue weighted by molar-refractivity contribution is -0.348. The molecule has 2 aromatic carbocycles. The summed E-state index contributed by atoms with van der Waals surface area (Å²) in [6, 6.07) is 4.61. The number of sulfone groups is 2. The molecule has 2 aliphatic heterocycles. The molecule has 45 heavy (non-hydrogen) atoms. The molecule has 2 aliphatic rings.